The van der Waals surface area contributed by atoms with E-state index in [1.165, 1.54) is 11.0 Å². The molecule has 0 radical (unpaired) electrons. The van der Waals surface area contributed by atoms with E-state index in [9.17, 15) is 9.90 Å². The van der Waals surface area contributed by atoms with Crippen molar-refractivity contribution in [2.75, 3.05) is 6.61 Å². The Morgan fingerprint density at radius 1 is 1.09 bits per heavy atom. The zero-order valence-corrected chi connectivity index (χ0v) is 21.1. The number of benzene rings is 2. The van der Waals surface area contributed by atoms with Crippen molar-refractivity contribution in [3.8, 4) is 5.75 Å². The second kappa shape index (κ2) is 9.26. The summed E-state index contributed by atoms with van der Waals surface area (Å²) in [4.78, 5) is 13.9. The molecule has 0 aliphatic heterocycles. The van der Waals surface area contributed by atoms with Gasteiger partial charge in [0.15, 0.2) is 0 Å². The number of phenolic OH excluding ortho intramolecular Hbond substituents is 1. The van der Waals surface area contributed by atoms with E-state index >= 15 is 0 Å². The Kier molecular flexibility index (Phi) is 7.04. The lowest BCUT2D eigenvalue weighted by Gasteiger charge is -2.26. The Morgan fingerprint density at radius 3 is 2.34 bits per heavy atom. The molecule has 0 saturated heterocycles. The van der Waals surface area contributed by atoms with Crippen LogP contribution in [0.5, 0.6) is 5.75 Å². The van der Waals surface area contributed by atoms with Crippen LogP contribution in [0.25, 0.3) is 10.9 Å². The number of ether oxygens (including phenoxy) is 1. The van der Waals surface area contributed by atoms with E-state index in [4.69, 9.17) is 4.74 Å². The molecule has 0 amide bonds. The van der Waals surface area contributed by atoms with Gasteiger partial charge in [-0.25, -0.2) is 0 Å². The summed E-state index contributed by atoms with van der Waals surface area (Å²) in [5, 5.41) is 11.3. The average molecular weight is 451 g/mol. The van der Waals surface area contributed by atoms with Gasteiger partial charge in [-0.15, -0.1) is 11.8 Å². The molecule has 6 heteroatoms. The summed E-state index contributed by atoms with van der Waals surface area (Å²) in [6.45, 7) is 13.3. The van der Waals surface area contributed by atoms with Gasteiger partial charge in [0.1, 0.15) is 13.6 Å². The molecular formula is C26H34BNO3S. The number of phenols is 1. The van der Waals surface area contributed by atoms with Crippen LogP contribution in [0.15, 0.2) is 47.4 Å². The third kappa shape index (κ3) is 5.53. The number of esters is 1. The SMILES string of the molecule is Bc1ccc(Cn2c(CC(C)(C)C(=O)OCC)c(SC(C)(C)C)c3cc(O)ccc32)cc1. The minimum Gasteiger partial charge on any atom is -0.508 e. The van der Waals surface area contributed by atoms with Crippen LogP contribution in [0.4, 0.5) is 0 Å². The number of fused-ring (bicyclic) bond motifs is 1. The van der Waals surface area contributed by atoms with E-state index in [-0.39, 0.29) is 16.5 Å². The molecule has 170 valence electrons. The molecule has 0 saturated carbocycles. The molecule has 3 aromatic rings. The van der Waals surface area contributed by atoms with Gasteiger partial charge in [-0.2, -0.15) is 0 Å². The molecule has 0 fully saturated rings. The van der Waals surface area contributed by atoms with Crippen LogP contribution in [0.2, 0.25) is 0 Å². The zero-order valence-electron chi connectivity index (χ0n) is 20.3. The fourth-order valence-corrected chi connectivity index (χ4v) is 5.02. The molecule has 0 unspecified atom stereocenters. The largest absolute Gasteiger partial charge is 0.508 e. The molecule has 0 atom stereocenters. The predicted molar refractivity (Wildman–Crippen MR) is 137 cm³/mol. The van der Waals surface area contributed by atoms with Gasteiger partial charge in [0.05, 0.1) is 12.0 Å². The predicted octanol–water partition coefficient (Wildman–Crippen LogP) is 4.68. The van der Waals surface area contributed by atoms with Crippen molar-refractivity contribution in [2.45, 2.75) is 64.2 Å². The van der Waals surface area contributed by atoms with Gasteiger partial charge in [0.25, 0.3) is 0 Å². The first-order chi connectivity index (χ1) is 14.9. The van der Waals surface area contributed by atoms with Crippen molar-refractivity contribution in [3.05, 3.63) is 53.7 Å². The van der Waals surface area contributed by atoms with Gasteiger partial charge in [-0.1, -0.05) is 50.5 Å². The number of nitrogens with zero attached hydrogens (tertiary/aromatic N) is 1. The van der Waals surface area contributed by atoms with E-state index in [0.29, 0.717) is 19.6 Å². The normalized spacial score (nSPS) is 12.3. The van der Waals surface area contributed by atoms with Crippen LogP contribution in [0, 0.1) is 5.41 Å². The molecular weight excluding hydrogens is 417 g/mol. The third-order valence-electron chi connectivity index (χ3n) is 5.41. The molecule has 0 aliphatic carbocycles. The van der Waals surface area contributed by atoms with Crippen molar-refractivity contribution in [2.24, 2.45) is 5.41 Å². The molecule has 1 aromatic heterocycles. The number of aromatic nitrogens is 1. The van der Waals surface area contributed by atoms with Gasteiger partial charge >= 0.3 is 5.97 Å². The molecule has 0 bridgehead atoms. The van der Waals surface area contributed by atoms with E-state index in [2.05, 4.69) is 57.5 Å². The Labute approximate surface area is 196 Å². The molecule has 3 rings (SSSR count). The van der Waals surface area contributed by atoms with Crippen LogP contribution >= 0.6 is 11.8 Å². The summed E-state index contributed by atoms with van der Waals surface area (Å²) < 4.78 is 7.66. The molecule has 0 aliphatic rings. The molecule has 2 aromatic carbocycles. The van der Waals surface area contributed by atoms with E-state index in [1.54, 1.807) is 17.8 Å². The number of hydrogen-bond acceptors (Lipinski definition) is 4. The summed E-state index contributed by atoms with van der Waals surface area (Å²) in [6, 6.07) is 14.1. The maximum absolute atomic E-state index is 12.8. The van der Waals surface area contributed by atoms with Gasteiger partial charge in [0.2, 0.25) is 0 Å². The molecule has 32 heavy (non-hydrogen) atoms. The van der Waals surface area contributed by atoms with E-state index in [0.717, 1.165) is 21.5 Å². The summed E-state index contributed by atoms with van der Waals surface area (Å²) >= 11 is 1.78. The van der Waals surface area contributed by atoms with E-state index < -0.39 is 5.41 Å². The Balaban J connectivity index is 2.22. The maximum atomic E-state index is 12.8. The summed E-state index contributed by atoms with van der Waals surface area (Å²) in [5.74, 6) is 0.0543. The lowest BCUT2D eigenvalue weighted by molar-refractivity contribution is -0.153. The summed E-state index contributed by atoms with van der Waals surface area (Å²) in [6.07, 6.45) is 0.547. The first-order valence-corrected chi connectivity index (χ1v) is 12.0. The Morgan fingerprint density at radius 2 is 1.75 bits per heavy atom. The summed E-state index contributed by atoms with van der Waals surface area (Å²) in [5.41, 5.74) is 3.91. The minimum atomic E-state index is -0.676. The van der Waals surface area contributed by atoms with Crippen molar-refractivity contribution in [1.29, 1.82) is 0 Å². The highest BCUT2D eigenvalue weighted by Crippen LogP contribution is 2.44. The second-order valence-electron chi connectivity index (χ2n) is 10.0. The smallest absolute Gasteiger partial charge is 0.311 e. The highest BCUT2D eigenvalue weighted by atomic mass is 32.2. The van der Waals surface area contributed by atoms with Gasteiger partial charge < -0.3 is 14.4 Å². The van der Waals surface area contributed by atoms with Crippen LogP contribution in [0.1, 0.15) is 52.8 Å². The van der Waals surface area contributed by atoms with Gasteiger partial charge in [-0.05, 0) is 44.5 Å². The first-order valence-electron chi connectivity index (χ1n) is 11.2. The van der Waals surface area contributed by atoms with Crippen LogP contribution in [-0.4, -0.2) is 34.8 Å². The average Bonchev–Trinajstić information content (AvgIpc) is 2.94. The van der Waals surface area contributed by atoms with Crippen LogP contribution < -0.4 is 5.46 Å². The van der Waals surface area contributed by atoms with Gasteiger partial charge in [0, 0.05) is 39.2 Å². The Hall–Kier alpha value is -2.34. The van der Waals surface area contributed by atoms with E-state index in [1.807, 2.05) is 32.9 Å². The highest BCUT2D eigenvalue weighted by Gasteiger charge is 2.34. The van der Waals surface area contributed by atoms with Crippen LogP contribution in [0.3, 0.4) is 0 Å². The van der Waals surface area contributed by atoms with Crippen LogP contribution in [-0.2, 0) is 22.5 Å². The van der Waals surface area contributed by atoms with Crippen molar-refractivity contribution in [3.63, 3.8) is 0 Å². The second-order valence-corrected chi connectivity index (χ2v) is 11.9. The minimum absolute atomic E-state index is 0.0305. The first kappa shape index (κ1) is 24.3. The van der Waals surface area contributed by atoms with Gasteiger partial charge in [-0.3, -0.25) is 4.79 Å². The number of hydrogen-bond donors (Lipinski definition) is 1. The lowest BCUT2D eigenvalue weighted by atomic mass is 9.87. The zero-order chi connectivity index (χ0) is 23.7. The highest BCUT2D eigenvalue weighted by molar-refractivity contribution is 8.00. The number of carbonyl (C=O) groups is 1. The van der Waals surface area contributed by atoms with Crippen molar-refractivity contribution in [1.82, 2.24) is 4.57 Å². The molecule has 1 heterocycles. The molecule has 0 spiro atoms. The fourth-order valence-electron chi connectivity index (χ4n) is 3.83. The Bertz CT molecular complexity index is 1110. The quantitative estimate of drug-likeness (QED) is 0.322. The number of carbonyl (C=O) groups excluding carboxylic acids is 1. The summed E-state index contributed by atoms with van der Waals surface area (Å²) in [7, 11) is 2.09. The number of thioether (sulfide) groups is 1. The number of rotatable bonds is 7. The third-order valence-corrected chi connectivity index (χ3v) is 6.68. The van der Waals surface area contributed by atoms with Crippen molar-refractivity contribution < 1.29 is 14.6 Å². The fraction of sp³-hybridized carbons (Fsp3) is 0.423. The molecule has 1 N–H and O–H groups in total. The van der Waals surface area contributed by atoms with Crippen molar-refractivity contribution >= 4 is 41.9 Å². The maximum Gasteiger partial charge on any atom is 0.311 e. The standard InChI is InChI=1S/C26H34BNO3S/c1-7-31-24(30)26(5,6)15-22-23(32-25(2,3)4)20-14-19(29)12-13-21(20)28(22)16-17-8-10-18(27)11-9-17/h8-14,29H,7,15-16,27H2,1-6H3. The lowest BCUT2D eigenvalue weighted by Crippen LogP contribution is -2.30. The molecule has 4 nitrogen and oxygen atoms in total. The number of aromatic hydroxyl groups is 1. The monoisotopic (exact) mass is 451 g/mol. The topological polar surface area (TPSA) is 51.5 Å².